The number of nitrogens with one attached hydrogen (secondary N) is 1. The van der Waals surface area contributed by atoms with Gasteiger partial charge in [-0.1, -0.05) is 37.3 Å². The van der Waals surface area contributed by atoms with Crippen molar-refractivity contribution in [2.45, 2.75) is 49.8 Å². The molecule has 5 heterocycles. The molecule has 3 aromatic rings. The van der Waals surface area contributed by atoms with Gasteiger partial charge in [0.05, 0.1) is 24.9 Å². The number of amides is 1. The smallest absolute Gasteiger partial charge is 0.224 e. The molecule has 3 fully saturated rings. The van der Waals surface area contributed by atoms with Crippen LogP contribution >= 0.6 is 0 Å². The highest BCUT2D eigenvalue weighted by Crippen LogP contribution is 2.44. The minimum Gasteiger partial charge on any atom is -0.369 e. The van der Waals surface area contributed by atoms with Crippen molar-refractivity contribution in [1.29, 1.82) is 0 Å². The Morgan fingerprint density at radius 2 is 2.06 bits per heavy atom. The zero-order chi connectivity index (χ0) is 22.1. The predicted octanol–water partition coefficient (Wildman–Crippen LogP) is 2.00. The van der Waals surface area contributed by atoms with Crippen LogP contribution in [0, 0.1) is 6.92 Å². The fourth-order valence-corrected chi connectivity index (χ4v) is 5.63. The molecule has 0 saturated carbocycles. The van der Waals surface area contributed by atoms with Gasteiger partial charge in [-0.3, -0.25) is 4.79 Å². The van der Waals surface area contributed by atoms with E-state index in [-0.39, 0.29) is 24.3 Å². The summed E-state index contributed by atoms with van der Waals surface area (Å²) in [6.45, 7) is 6.60. The number of rotatable bonds is 3. The predicted molar refractivity (Wildman–Crippen MR) is 120 cm³/mol. The maximum absolute atomic E-state index is 12.3. The lowest BCUT2D eigenvalue weighted by molar-refractivity contribution is -0.129. The third kappa shape index (κ3) is 2.93. The van der Waals surface area contributed by atoms with E-state index in [2.05, 4.69) is 60.5 Å². The molecule has 32 heavy (non-hydrogen) atoms. The van der Waals surface area contributed by atoms with Gasteiger partial charge in [0.25, 0.3) is 0 Å². The minimum absolute atomic E-state index is 0.119. The molecule has 2 unspecified atom stereocenters. The molecular weight excluding hydrogens is 404 g/mol. The number of ether oxygens (including phenoxy) is 1. The van der Waals surface area contributed by atoms with E-state index in [1.807, 2.05) is 10.7 Å². The summed E-state index contributed by atoms with van der Waals surface area (Å²) < 4.78 is 7.88. The number of fused-ring (bicyclic) bond motifs is 3. The van der Waals surface area contributed by atoms with Crippen molar-refractivity contribution in [3.63, 3.8) is 0 Å². The molecule has 6 rings (SSSR count). The van der Waals surface area contributed by atoms with Crippen LogP contribution in [0.3, 0.4) is 0 Å². The van der Waals surface area contributed by atoms with Crippen LogP contribution in [0.5, 0.6) is 0 Å². The van der Waals surface area contributed by atoms with Crippen LogP contribution in [0.2, 0.25) is 0 Å². The normalized spacial score (nSPS) is 32.0. The summed E-state index contributed by atoms with van der Waals surface area (Å²) in [5.74, 6) is 0.417. The molecule has 0 radical (unpaired) electrons. The number of piperidine rings is 1. The van der Waals surface area contributed by atoms with E-state index in [0.29, 0.717) is 12.2 Å². The molecule has 0 spiro atoms. The molecule has 0 aliphatic carbocycles. The molecule has 1 aromatic carbocycles. The van der Waals surface area contributed by atoms with Gasteiger partial charge in [0.2, 0.25) is 5.91 Å². The van der Waals surface area contributed by atoms with Crippen LogP contribution < -0.4 is 16.0 Å². The average molecular weight is 433 g/mol. The summed E-state index contributed by atoms with van der Waals surface area (Å²) in [5.41, 5.74) is 9.05. The number of aryl methyl sites for hydroxylation is 1. The number of hydrogen-bond acceptors (Lipinski definition) is 6. The molecule has 3 aliphatic rings. The molecule has 3 saturated heterocycles. The van der Waals surface area contributed by atoms with E-state index in [4.69, 9.17) is 20.6 Å². The molecule has 2 aromatic heterocycles. The van der Waals surface area contributed by atoms with E-state index in [1.54, 1.807) is 0 Å². The SMILES string of the molecule is Cc1cc(N2CC[C@](C)(c3ccccc3)C2)cn2nc(C34CC(=O)NC(N)(CO3)C4)nc12. The second-order valence-corrected chi connectivity index (χ2v) is 10.0. The van der Waals surface area contributed by atoms with E-state index in [1.165, 1.54) is 5.56 Å². The first kappa shape index (κ1) is 19.7. The van der Waals surface area contributed by atoms with Crippen LogP contribution in [-0.4, -0.2) is 45.9 Å². The zero-order valence-electron chi connectivity index (χ0n) is 18.5. The van der Waals surface area contributed by atoms with Crippen molar-refractivity contribution in [3.05, 3.63) is 59.5 Å². The molecule has 3 atom stereocenters. The summed E-state index contributed by atoms with van der Waals surface area (Å²) in [6, 6.07) is 12.9. The van der Waals surface area contributed by atoms with Gasteiger partial charge in [-0.15, -0.1) is 5.10 Å². The Bertz CT molecular complexity index is 1230. The van der Waals surface area contributed by atoms with E-state index >= 15 is 0 Å². The Labute approximate surface area is 186 Å². The Balaban J connectivity index is 1.34. The first-order chi connectivity index (χ1) is 15.3. The summed E-state index contributed by atoms with van der Waals surface area (Å²) in [4.78, 5) is 19.5. The Morgan fingerprint density at radius 3 is 2.88 bits per heavy atom. The van der Waals surface area contributed by atoms with Crippen molar-refractivity contribution >= 4 is 17.2 Å². The van der Waals surface area contributed by atoms with Crippen molar-refractivity contribution in [3.8, 4) is 0 Å². The minimum atomic E-state index is -0.852. The summed E-state index contributed by atoms with van der Waals surface area (Å²) in [5, 5.41) is 7.61. The van der Waals surface area contributed by atoms with E-state index in [0.717, 1.165) is 36.4 Å². The van der Waals surface area contributed by atoms with Gasteiger partial charge in [-0.2, -0.15) is 0 Å². The second-order valence-electron chi connectivity index (χ2n) is 10.0. The standard InChI is InChI=1S/C24H28N6O2/c1-16-10-18(29-9-8-22(2,14-29)17-6-4-3-5-7-17)12-30-20(16)26-21(28-30)23-11-19(31)27-24(25,13-23)15-32-23/h3-7,10,12H,8-9,11,13-15,25H2,1-2H3,(H,27,31)/t22-,23?,24?/m0/s1. The van der Waals surface area contributed by atoms with Gasteiger partial charge < -0.3 is 20.7 Å². The van der Waals surface area contributed by atoms with Gasteiger partial charge in [-0.05, 0) is 30.5 Å². The number of carbonyl (C=O) groups excluding carboxylic acids is 1. The Morgan fingerprint density at radius 1 is 1.25 bits per heavy atom. The van der Waals surface area contributed by atoms with Gasteiger partial charge >= 0.3 is 0 Å². The van der Waals surface area contributed by atoms with Crippen LogP contribution in [0.1, 0.15) is 43.1 Å². The number of benzene rings is 1. The highest BCUT2D eigenvalue weighted by molar-refractivity contribution is 5.79. The summed E-state index contributed by atoms with van der Waals surface area (Å²) >= 11 is 0. The number of hydrogen-bond donors (Lipinski definition) is 2. The topological polar surface area (TPSA) is 97.8 Å². The number of aromatic nitrogens is 3. The molecule has 1 amide bonds. The highest BCUT2D eigenvalue weighted by atomic mass is 16.5. The second kappa shape index (κ2) is 6.52. The summed E-state index contributed by atoms with van der Waals surface area (Å²) in [7, 11) is 0. The van der Waals surface area contributed by atoms with Crippen molar-refractivity contribution < 1.29 is 9.53 Å². The van der Waals surface area contributed by atoms with Crippen LogP contribution in [-0.2, 0) is 20.5 Å². The van der Waals surface area contributed by atoms with Gasteiger partial charge in [-0.25, -0.2) is 9.50 Å². The molecule has 8 nitrogen and oxygen atoms in total. The quantitative estimate of drug-likeness (QED) is 0.657. The monoisotopic (exact) mass is 432 g/mol. The lowest BCUT2D eigenvalue weighted by Gasteiger charge is -2.33. The number of anilines is 1. The first-order valence-corrected chi connectivity index (χ1v) is 11.2. The number of nitrogens with two attached hydrogens (primary N) is 1. The number of nitrogens with zero attached hydrogens (tertiary/aromatic N) is 4. The van der Waals surface area contributed by atoms with Gasteiger partial charge in [0.1, 0.15) is 11.3 Å². The zero-order valence-corrected chi connectivity index (χ0v) is 18.5. The maximum atomic E-state index is 12.3. The van der Waals surface area contributed by atoms with Crippen LogP contribution in [0.25, 0.3) is 5.65 Å². The van der Waals surface area contributed by atoms with Gasteiger partial charge in [0, 0.05) is 24.9 Å². The first-order valence-electron chi connectivity index (χ1n) is 11.2. The van der Waals surface area contributed by atoms with Crippen molar-refractivity contribution in [2.75, 3.05) is 24.6 Å². The van der Waals surface area contributed by atoms with E-state index < -0.39 is 11.3 Å². The lowest BCUT2D eigenvalue weighted by atomic mass is 9.82. The number of carbonyl (C=O) groups is 1. The molecular formula is C24H28N6O2. The molecule has 3 N–H and O–H groups in total. The van der Waals surface area contributed by atoms with E-state index in [9.17, 15) is 4.79 Å². The fraction of sp³-hybridized carbons (Fsp3) is 0.458. The fourth-order valence-electron chi connectivity index (χ4n) is 5.63. The van der Waals surface area contributed by atoms with Crippen LogP contribution in [0.15, 0.2) is 42.6 Å². The van der Waals surface area contributed by atoms with Gasteiger partial charge in [0.15, 0.2) is 11.5 Å². The Hall–Kier alpha value is -2.97. The maximum Gasteiger partial charge on any atom is 0.224 e. The highest BCUT2D eigenvalue weighted by Gasteiger charge is 2.56. The van der Waals surface area contributed by atoms with Crippen molar-refractivity contribution in [1.82, 2.24) is 19.9 Å². The Kier molecular flexibility index (Phi) is 4.02. The van der Waals surface area contributed by atoms with Crippen LogP contribution in [0.4, 0.5) is 5.69 Å². The molecule has 166 valence electrons. The summed E-state index contributed by atoms with van der Waals surface area (Å²) in [6.07, 6.45) is 3.81. The van der Waals surface area contributed by atoms with Crippen molar-refractivity contribution in [2.24, 2.45) is 5.73 Å². The largest absolute Gasteiger partial charge is 0.369 e. The average Bonchev–Trinajstić information content (AvgIpc) is 3.44. The molecule has 3 aliphatic heterocycles. The third-order valence-corrected chi connectivity index (χ3v) is 7.36. The molecule has 2 bridgehead atoms. The number of pyridine rings is 1. The third-order valence-electron chi connectivity index (χ3n) is 7.36. The molecule has 8 heteroatoms. The lowest BCUT2D eigenvalue weighted by Crippen LogP contribution is -2.60.